The van der Waals surface area contributed by atoms with Crippen LogP contribution in [0.15, 0.2) is 6.33 Å². The molecule has 4 nitrogen and oxygen atoms in total. The summed E-state index contributed by atoms with van der Waals surface area (Å²) in [7, 11) is 0. The van der Waals surface area contributed by atoms with E-state index in [1.807, 2.05) is 0 Å². The highest BCUT2D eigenvalue weighted by molar-refractivity contribution is 6.30. The molecular formula is C12H20ClN3O. The van der Waals surface area contributed by atoms with E-state index in [0.29, 0.717) is 5.15 Å². The van der Waals surface area contributed by atoms with Crippen molar-refractivity contribution >= 4 is 17.4 Å². The van der Waals surface area contributed by atoms with Crippen LogP contribution in [0.5, 0.6) is 0 Å². The van der Waals surface area contributed by atoms with Crippen LogP contribution >= 0.6 is 11.6 Å². The van der Waals surface area contributed by atoms with E-state index in [9.17, 15) is 0 Å². The van der Waals surface area contributed by atoms with Gasteiger partial charge in [-0.15, -0.1) is 0 Å². The van der Waals surface area contributed by atoms with Crippen molar-refractivity contribution in [2.75, 3.05) is 11.9 Å². The lowest BCUT2D eigenvalue weighted by atomic mass is 10.2. The van der Waals surface area contributed by atoms with Crippen LogP contribution < -0.4 is 5.32 Å². The first-order valence-corrected chi connectivity index (χ1v) is 6.44. The Morgan fingerprint density at radius 1 is 1.47 bits per heavy atom. The van der Waals surface area contributed by atoms with Gasteiger partial charge in [-0.05, 0) is 26.2 Å². The molecule has 1 heterocycles. The molecule has 0 fully saturated rings. The maximum Gasteiger partial charge on any atom is 0.137 e. The number of aliphatic hydroxyl groups excluding tert-OH is 1. The highest BCUT2D eigenvalue weighted by Gasteiger charge is 2.08. The molecule has 1 aromatic rings. The zero-order chi connectivity index (χ0) is 12.7. The van der Waals surface area contributed by atoms with Crippen molar-refractivity contribution in [1.29, 1.82) is 0 Å². The molecule has 0 amide bonds. The fourth-order valence-corrected chi connectivity index (χ4v) is 1.85. The highest BCUT2D eigenvalue weighted by Crippen LogP contribution is 2.21. The number of halogens is 1. The third-order valence-corrected chi connectivity index (χ3v) is 2.81. The van der Waals surface area contributed by atoms with Gasteiger partial charge < -0.3 is 10.4 Å². The van der Waals surface area contributed by atoms with Gasteiger partial charge in [0.1, 0.15) is 17.3 Å². The van der Waals surface area contributed by atoms with Crippen LogP contribution in [-0.2, 0) is 6.42 Å². The van der Waals surface area contributed by atoms with E-state index in [1.165, 1.54) is 6.33 Å². The maximum absolute atomic E-state index is 9.16. The number of hydrogen-bond donors (Lipinski definition) is 2. The second-order valence-corrected chi connectivity index (χ2v) is 4.52. The molecule has 0 aromatic carbocycles. The molecule has 2 N–H and O–H groups in total. The van der Waals surface area contributed by atoms with Gasteiger partial charge in [-0.2, -0.15) is 0 Å². The standard InChI is InChI=1S/C12H20ClN3O/c1-3-5-10-11(13)15-8-16-12(10)14-7-4-6-9(2)17/h8-9,17H,3-7H2,1-2H3,(H,14,15,16). The molecule has 17 heavy (non-hydrogen) atoms. The molecule has 0 saturated heterocycles. The number of aromatic nitrogens is 2. The maximum atomic E-state index is 9.16. The van der Waals surface area contributed by atoms with Gasteiger partial charge in [0.15, 0.2) is 0 Å². The molecule has 0 aliphatic heterocycles. The molecule has 96 valence electrons. The van der Waals surface area contributed by atoms with Crippen LogP contribution in [-0.4, -0.2) is 27.7 Å². The van der Waals surface area contributed by atoms with Crippen LogP contribution in [0.2, 0.25) is 5.15 Å². The van der Waals surface area contributed by atoms with E-state index in [2.05, 4.69) is 22.2 Å². The van der Waals surface area contributed by atoms with Crippen molar-refractivity contribution in [3.8, 4) is 0 Å². The molecule has 1 rings (SSSR count). The number of aliphatic hydroxyl groups is 1. The summed E-state index contributed by atoms with van der Waals surface area (Å²) in [6.07, 6.45) is 4.80. The molecule has 1 unspecified atom stereocenters. The SMILES string of the molecule is CCCc1c(Cl)ncnc1NCCCC(C)O. The van der Waals surface area contributed by atoms with E-state index in [0.717, 1.165) is 43.6 Å². The van der Waals surface area contributed by atoms with Crippen molar-refractivity contribution in [2.24, 2.45) is 0 Å². The van der Waals surface area contributed by atoms with Crippen LogP contribution in [0, 0.1) is 0 Å². The smallest absolute Gasteiger partial charge is 0.137 e. The average molecular weight is 258 g/mol. The zero-order valence-electron chi connectivity index (χ0n) is 10.4. The zero-order valence-corrected chi connectivity index (χ0v) is 11.2. The summed E-state index contributed by atoms with van der Waals surface area (Å²) in [6.45, 7) is 4.68. The first kappa shape index (κ1) is 14.2. The van der Waals surface area contributed by atoms with Gasteiger partial charge in [0.2, 0.25) is 0 Å². The van der Waals surface area contributed by atoms with Gasteiger partial charge in [-0.1, -0.05) is 24.9 Å². The molecule has 0 aliphatic carbocycles. The Balaban J connectivity index is 2.54. The van der Waals surface area contributed by atoms with Crippen molar-refractivity contribution < 1.29 is 5.11 Å². The topological polar surface area (TPSA) is 58.0 Å². The monoisotopic (exact) mass is 257 g/mol. The minimum atomic E-state index is -0.249. The number of nitrogens with zero attached hydrogens (tertiary/aromatic N) is 2. The summed E-state index contributed by atoms with van der Waals surface area (Å²) in [6, 6.07) is 0. The lowest BCUT2D eigenvalue weighted by Crippen LogP contribution is -2.10. The Bertz CT molecular complexity index is 345. The number of rotatable bonds is 7. The lowest BCUT2D eigenvalue weighted by Gasteiger charge is -2.11. The predicted octanol–water partition coefficient (Wildman–Crippen LogP) is 2.66. The molecule has 1 aromatic heterocycles. The molecule has 0 bridgehead atoms. The summed E-state index contributed by atoms with van der Waals surface area (Å²) in [5, 5.41) is 12.9. The van der Waals surface area contributed by atoms with Gasteiger partial charge in [-0.3, -0.25) is 0 Å². The normalized spacial score (nSPS) is 12.5. The average Bonchev–Trinajstić information content (AvgIpc) is 2.28. The predicted molar refractivity (Wildman–Crippen MR) is 70.4 cm³/mol. The Morgan fingerprint density at radius 2 is 2.24 bits per heavy atom. The molecule has 0 aliphatic rings. The first-order valence-electron chi connectivity index (χ1n) is 6.06. The third-order valence-electron chi connectivity index (χ3n) is 2.48. The number of hydrogen-bond acceptors (Lipinski definition) is 4. The lowest BCUT2D eigenvalue weighted by molar-refractivity contribution is 0.183. The quantitative estimate of drug-likeness (QED) is 0.582. The van der Waals surface area contributed by atoms with Crippen molar-refractivity contribution in [1.82, 2.24) is 9.97 Å². The summed E-state index contributed by atoms with van der Waals surface area (Å²) in [4.78, 5) is 8.19. The molecule has 0 radical (unpaired) electrons. The molecule has 0 spiro atoms. The van der Waals surface area contributed by atoms with Crippen LogP contribution in [0.1, 0.15) is 38.7 Å². The van der Waals surface area contributed by atoms with Crippen LogP contribution in [0.25, 0.3) is 0 Å². The minimum absolute atomic E-state index is 0.249. The van der Waals surface area contributed by atoms with Gasteiger partial charge in [0.05, 0.1) is 6.10 Å². The van der Waals surface area contributed by atoms with Crippen LogP contribution in [0.3, 0.4) is 0 Å². The minimum Gasteiger partial charge on any atom is -0.393 e. The summed E-state index contributed by atoms with van der Waals surface area (Å²) in [5.41, 5.74) is 0.980. The van der Waals surface area contributed by atoms with E-state index < -0.39 is 0 Å². The largest absolute Gasteiger partial charge is 0.393 e. The van der Waals surface area contributed by atoms with Crippen molar-refractivity contribution in [3.05, 3.63) is 17.0 Å². The van der Waals surface area contributed by atoms with E-state index >= 15 is 0 Å². The highest BCUT2D eigenvalue weighted by atomic mass is 35.5. The van der Waals surface area contributed by atoms with E-state index in [4.69, 9.17) is 16.7 Å². The Labute approximate surface area is 107 Å². The van der Waals surface area contributed by atoms with Crippen molar-refractivity contribution in [3.63, 3.8) is 0 Å². The second-order valence-electron chi connectivity index (χ2n) is 4.16. The molecular weight excluding hydrogens is 238 g/mol. The van der Waals surface area contributed by atoms with Gasteiger partial charge in [-0.25, -0.2) is 9.97 Å². The van der Waals surface area contributed by atoms with Crippen LogP contribution in [0.4, 0.5) is 5.82 Å². The Kier molecular flexibility index (Phi) is 6.22. The fraction of sp³-hybridized carbons (Fsp3) is 0.667. The van der Waals surface area contributed by atoms with Gasteiger partial charge in [0.25, 0.3) is 0 Å². The van der Waals surface area contributed by atoms with Gasteiger partial charge in [0, 0.05) is 12.1 Å². The number of nitrogens with one attached hydrogen (secondary N) is 1. The molecule has 0 saturated carbocycles. The third kappa shape index (κ3) is 4.88. The van der Waals surface area contributed by atoms with Crippen molar-refractivity contribution in [2.45, 2.75) is 45.6 Å². The molecule has 5 heteroatoms. The number of anilines is 1. The Morgan fingerprint density at radius 3 is 2.88 bits per heavy atom. The Hall–Kier alpha value is -0.870. The molecule has 1 atom stereocenters. The van der Waals surface area contributed by atoms with E-state index in [-0.39, 0.29) is 6.10 Å². The second kappa shape index (κ2) is 7.45. The summed E-state index contributed by atoms with van der Waals surface area (Å²) in [5.74, 6) is 0.817. The van der Waals surface area contributed by atoms with Gasteiger partial charge >= 0.3 is 0 Å². The summed E-state index contributed by atoms with van der Waals surface area (Å²) < 4.78 is 0. The fourth-order valence-electron chi connectivity index (χ4n) is 1.62. The first-order chi connectivity index (χ1) is 8.15. The van der Waals surface area contributed by atoms with E-state index in [1.54, 1.807) is 6.92 Å². The summed E-state index contributed by atoms with van der Waals surface area (Å²) >= 11 is 6.04.